The maximum Gasteiger partial charge on any atom is 0.171 e. The van der Waals surface area contributed by atoms with Crippen LogP contribution in [0.15, 0.2) is 140 Å². The van der Waals surface area contributed by atoms with Crippen LogP contribution in [0, 0.1) is 0 Å². The highest BCUT2D eigenvalue weighted by Crippen LogP contribution is 2.44. The normalized spacial score (nSPS) is 13.2. The number of hydrogen-bond donors (Lipinski definition) is 0. The maximum atomic E-state index is 15.3. The molecule has 0 aliphatic carbocycles. The number of nitrogens with zero attached hydrogens (tertiary/aromatic N) is 2. The van der Waals surface area contributed by atoms with Gasteiger partial charge >= 0.3 is 0 Å². The molecule has 7 rings (SSSR count). The Morgan fingerprint density at radius 1 is 0.541 bits per heavy atom. The molecule has 1 atom stereocenters. The van der Waals surface area contributed by atoms with Crippen LogP contribution >= 0.6 is 7.14 Å². The van der Waals surface area contributed by atoms with E-state index in [1.807, 2.05) is 72.9 Å². The van der Waals surface area contributed by atoms with E-state index in [0.29, 0.717) is 0 Å². The molecule has 0 spiro atoms. The molecule has 0 aliphatic heterocycles. The van der Waals surface area contributed by atoms with Crippen LogP contribution in [-0.4, -0.2) is 9.55 Å². The summed E-state index contributed by atoms with van der Waals surface area (Å²) in [6.07, 6.45) is 3.63. The number of fused-ring (bicyclic) bond motifs is 4. The monoisotopic (exact) mass is 494 g/mol. The van der Waals surface area contributed by atoms with E-state index in [4.69, 9.17) is 0 Å². The van der Waals surface area contributed by atoms with Crippen LogP contribution in [-0.2, 0) is 4.57 Å². The minimum atomic E-state index is -3.16. The number of aromatic nitrogens is 2. The Morgan fingerprint density at radius 2 is 1.22 bits per heavy atom. The van der Waals surface area contributed by atoms with Crippen molar-refractivity contribution >= 4 is 55.6 Å². The molecule has 0 radical (unpaired) electrons. The summed E-state index contributed by atoms with van der Waals surface area (Å²) in [6.45, 7) is 0. The first-order chi connectivity index (χ1) is 18.2. The topological polar surface area (TPSA) is 34.9 Å². The molecular weight excluding hydrogens is 471 g/mol. The summed E-state index contributed by atoms with van der Waals surface area (Å²) in [7, 11) is -3.16. The fourth-order valence-electron chi connectivity index (χ4n) is 5.37. The van der Waals surface area contributed by atoms with Gasteiger partial charge in [0.2, 0.25) is 0 Å². The van der Waals surface area contributed by atoms with Crippen molar-refractivity contribution in [1.82, 2.24) is 9.55 Å². The minimum absolute atomic E-state index is 0.811. The lowest BCUT2D eigenvalue weighted by Crippen LogP contribution is -2.25. The minimum Gasteiger partial charge on any atom is -0.309 e. The highest BCUT2D eigenvalue weighted by molar-refractivity contribution is 7.85. The highest BCUT2D eigenvalue weighted by atomic mass is 31.2. The van der Waals surface area contributed by atoms with Crippen molar-refractivity contribution in [2.45, 2.75) is 0 Å². The fourth-order valence-corrected chi connectivity index (χ4v) is 8.05. The molecule has 1 unspecified atom stereocenters. The zero-order chi connectivity index (χ0) is 24.8. The molecule has 4 heteroatoms. The lowest BCUT2D eigenvalue weighted by molar-refractivity contribution is 0.592. The number of hydrogen-bond acceptors (Lipinski definition) is 2. The second kappa shape index (κ2) is 8.58. The maximum absolute atomic E-state index is 15.3. The van der Waals surface area contributed by atoms with Gasteiger partial charge in [0.05, 0.1) is 11.0 Å². The highest BCUT2D eigenvalue weighted by Gasteiger charge is 2.30. The molecule has 0 saturated heterocycles. The SMILES string of the molecule is O=P(c1ccccc1)(c1ccc2ccncc2c1)c1ccc2c(c1)c1ccccc1n2-c1ccccc1. The third-order valence-electron chi connectivity index (χ3n) is 7.14. The van der Waals surface area contributed by atoms with Gasteiger partial charge < -0.3 is 9.13 Å². The Bertz CT molecular complexity index is 1960. The van der Waals surface area contributed by atoms with Gasteiger partial charge in [0.25, 0.3) is 0 Å². The zero-order valence-electron chi connectivity index (χ0n) is 20.0. The first-order valence-corrected chi connectivity index (χ1v) is 14.0. The van der Waals surface area contributed by atoms with Gasteiger partial charge in [-0.1, -0.05) is 78.9 Å². The lowest BCUT2D eigenvalue weighted by Gasteiger charge is -2.21. The summed E-state index contributed by atoms with van der Waals surface area (Å²) in [5.74, 6) is 0. The van der Waals surface area contributed by atoms with Crippen LogP contribution < -0.4 is 15.9 Å². The van der Waals surface area contributed by atoms with Crippen LogP contribution in [0.25, 0.3) is 38.3 Å². The Balaban J connectivity index is 1.53. The van der Waals surface area contributed by atoms with Gasteiger partial charge in [-0.15, -0.1) is 0 Å². The molecule has 2 heterocycles. The Hall–Kier alpha value is -4.46. The molecule has 0 amide bonds. The summed E-state index contributed by atoms with van der Waals surface area (Å²) in [6, 6.07) is 43.0. The molecule has 37 heavy (non-hydrogen) atoms. The Kier molecular flexibility index (Phi) is 5.06. The number of rotatable bonds is 4. The van der Waals surface area contributed by atoms with Gasteiger partial charge in [0.15, 0.2) is 7.14 Å². The van der Waals surface area contributed by atoms with Crippen LogP contribution in [0.4, 0.5) is 0 Å². The Morgan fingerprint density at radius 3 is 2.05 bits per heavy atom. The first-order valence-electron chi connectivity index (χ1n) is 12.3. The molecular formula is C33H23N2OP. The Labute approximate surface area is 215 Å². The third kappa shape index (κ3) is 3.43. The predicted molar refractivity (Wildman–Crippen MR) is 155 cm³/mol. The molecule has 0 saturated carbocycles. The molecule has 5 aromatic carbocycles. The van der Waals surface area contributed by atoms with Crippen molar-refractivity contribution in [2.24, 2.45) is 0 Å². The van der Waals surface area contributed by atoms with Gasteiger partial charge in [0, 0.05) is 50.2 Å². The van der Waals surface area contributed by atoms with Crippen LogP contribution in [0.5, 0.6) is 0 Å². The number of benzene rings is 5. The van der Waals surface area contributed by atoms with Crippen molar-refractivity contribution in [3.63, 3.8) is 0 Å². The number of para-hydroxylation sites is 2. The molecule has 0 aliphatic rings. The molecule has 0 fully saturated rings. The van der Waals surface area contributed by atoms with E-state index >= 15 is 4.57 Å². The van der Waals surface area contributed by atoms with Crippen molar-refractivity contribution in [3.8, 4) is 5.69 Å². The summed E-state index contributed by atoms with van der Waals surface area (Å²) < 4.78 is 17.6. The summed E-state index contributed by atoms with van der Waals surface area (Å²) >= 11 is 0. The van der Waals surface area contributed by atoms with Crippen LogP contribution in [0.2, 0.25) is 0 Å². The average Bonchev–Trinajstić information content (AvgIpc) is 3.31. The standard InChI is InChI=1S/C33H23N2OP/c36-37(27-11-5-2-6-12-27,28-16-15-24-19-20-34-23-25(24)21-28)29-17-18-33-31(22-29)30-13-7-8-14-32(30)35(33)26-9-3-1-4-10-26/h1-23H. The smallest absolute Gasteiger partial charge is 0.171 e. The second-order valence-electron chi connectivity index (χ2n) is 9.24. The van der Waals surface area contributed by atoms with Gasteiger partial charge in [-0.3, -0.25) is 4.98 Å². The van der Waals surface area contributed by atoms with Crippen molar-refractivity contribution in [2.75, 3.05) is 0 Å². The summed E-state index contributed by atoms with van der Waals surface area (Å²) in [5.41, 5.74) is 3.33. The lowest BCUT2D eigenvalue weighted by atomic mass is 10.1. The fraction of sp³-hybridized carbons (Fsp3) is 0. The molecule has 0 bridgehead atoms. The van der Waals surface area contributed by atoms with E-state index in [1.165, 1.54) is 0 Å². The molecule has 0 N–H and O–H groups in total. The number of pyridine rings is 1. The third-order valence-corrected chi connectivity index (χ3v) is 10.2. The van der Waals surface area contributed by atoms with Gasteiger partial charge in [-0.05, 0) is 53.9 Å². The first kappa shape index (κ1) is 21.8. The molecule has 176 valence electrons. The predicted octanol–water partition coefficient (Wildman–Crippen LogP) is 6.97. The van der Waals surface area contributed by atoms with E-state index in [-0.39, 0.29) is 0 Å². The summed E-state index contributed by atoms with van der Waals surface area (Å²) in [4.78, 5) is 4.30. The van der Waals surface area contributed by atoms with Crippen molar-refractivity contribution in [3.05, 3.63) is 140 Å². The molecule has 2 aromatic heterocycles. The van der Waals surface area contributed by atoms with Gasteiger partial charge in [-0.2, -0.15) is 0 Å². The van der Waals surface area contributed by atoms with E-state index in [1.54, 1.807) is 6.20 Å². The quantitative estimate of drug-likeness (QED) is 0.248. The second-order valence-corrected chi connectivity index (χ2v) is 12.0. The molecule has 7 aromatic rings. The zero-order valence-corrected chi connectivity index (χ0v) is 20.9. The van der Waals surface area contributed by atoms with Crippen molar-refractivity contribution < 1.29 is 4.57 Å². The van der Waals surface area contributed by atoms with E-state index in [0.717, 1.165) is 54.2 Å². The molecule has 3 nitrogen and oxygen atoms in total. The van der Waals surface area contributed by atoms with Crippen molar-refractivity contribution in [1.29, 1.82) is 0 Å². The van der Waals surface area contributed by atoms with Gasteiger partial charge in [-0.25, -0.2) is 0 Å². The largest absolute Gasteiger partial charge is 0.309 e. The van der Waals surface area contributed by atoms with Crippen LogP contribution in [0.1, 0.15) is 0 Å². The summed E-state index contributed by atoms with van der Waals surface area (Å²) in [5, 5.41) is 6.76. The van der Waals surface area contributed by atoms with Gasteiger partial charge in [0.1, 0.15) is 0 Å². The van der Waals surface area contributed by atoms with E-state index < -0.39 is 7.14 Å². The average molecular weight is 495 g/mol. The van der Waals surface area contributed by atoms with Crippen LogP contribution in [0.3, 0.4) is 0 Å². The van der Waals surface area contributed by atoms with E-state index in [2.05, 4.69) is 70.2 Å². The van der Waals surface area contributed by atoms with E-state index in [9.17, 15) is 0 Å².